The largest absolute Gasteiger partial charge is 0.384 e. The fourth-order valence-corrected chi connectivity index (χ4v) is 3.54. The SMILES string of the molecule is Cn1ncc2c(NCCCNc3cccnc3)nc(C3CCCC3)nc21. The Morgan fingerprint density at radius 1 is 1.12 bits per heavy atom. The summed E-state index contributed by atoms with van der Waals surface area (Å²) in [5.41, 5.74) is 1.96. The molecule has 3 aromatic rings. The molecule has 0 radical (unpaired) electrons. The molecule has 3 aromatic heterocycles. The van der Waals surface area contributed by atoms with Crippen molar-refractivity contribution in [3.8, 4) is 0 Å². The van der Waals surface area contributed by atoms with E-state index in [4.69, 9.17) is 9.97 Å². The number of rotatable bonds is 7. The molecule has 4 rings (SSSR count). The van der Waals surface area contributed by atoms with Gasteiger partial charge in [0.25, 0.3) is 0 Å². The van der Waals surface area contributed by atoms with Gasteiger partial charge in [-0.1, -0.05) is 12.8 Å². The van der Waals surface area contributed by atoms with Gasteiger partial charge < -0.3 is 10.6 Å². The van der Waals surface area contributed by atoms with E-state index in [0.29, 0.717) is 5.92 Å². The van der Waals surface area contributed by atoms with Crippen LogP contribution in [0.5, 0.6) is 0 Å². The third-order valence-electron chi connectivity index (χ3n) is 4.97. The zero-order valence-corrected chi connectivity index (χ0v) is 15.1. The molecular formula is C19H25N7. The molecule has 0 saturated heterocycles. The van der Waals surface area contributed by atoms with Crippen LogP contribution in [-0.2, 0) is 7.05 Å². The fourth-order valence-electron chi connectivity index (χ4n) is 3.54. The number of nitrogens with zero attached hydrogens (tertiary/aromatic N) is 5. The van der Waals surface area contributed by atoms with E-state index < -0.39 is 0 Å². The van der Waals surface area contributed by atoms with Crippen LogP contribution in [0.4, 0.5) is 11.5 Å². The monoisotopic (exact) mass is 351 g/mol. The van der Waals surface area contributed by atoms with Crippen LogP contribution in [0.3, 0.4) is 0 Å². The Morgan fingerprint density at radius 3 is 2.77 bits per heavy atom. The second-order valence-electron chi connectivity index (χ2n) is 6.87. The van der Waals surface area contributed by atoms with Crippen LogP contribution in [0.2, 0.25) is 0 Å². The van der Waals surface area contributed by atoms with Crippen LogP contribution < -0.4 is 10.6 Å². The highest BCUT2D eigenvalue weighted by atomic mass is 15.3. The van der Waals surface area contributed by atoms with E-state index in [-0.39, 0.29) is 0 Å². The summed E-state index contributed by atoms with van der Waals surface area (Å²) in [6.07, 6.45) is 11.4. The number of nitrogens with one attached hydrogen (secondary N) is 2. The molecule has 1 aliphatic rings. The highest BCUT2D eigenvalue weighted by Crippen LogP contribution is 2.34. The van der Waals surface area contributed by atoms with Crippen molar-refractivity contribution in [2.24, 2.45) is 7.05 Å². The van der Waals surface area contributed by atoms with Crippen molar-refractivity contribution >= 4 is 22.5 Å². The third-order valence-corrected chi connectivity index (χ3v) is 4.97. The first-order valence-corrected chi connectivity index (χ1v) is 9.38. The fraction of sp³-hybridized carbons (Fsp3) is 0.474. The quantitative estimate of drug-likeness (QED) is 0.636. The second-order valence-corrected chi connectivity index (χ2v) is 6.87. The second kappa shape index (κ2) is 7.68. The first-order chi connectivity index (χ1) is 12.8. The van der Waals surface area contributed by atoms with Crippen LogP contribution >= 0.6 is 0 Å². The van der Waals surface area contributed by atoms with Crippen molar-refractivity contribution in [2.45, 2.75) is 38.0 Å². The van der Waals surface area contributed by atoms with Crippen molar-refractivity contribution in [1.82, 2.24) is 24.7 Å². The minimum Gasteiger partial charge on any atom is -0.384 e. The van der Waals surface area contributed by atoms with Gasteiger partial charge >= 0.3 is 0 Å². The highest BCUT2D eigenvalue weighted by Gasteiger charge is 2.22. The van der Waals surface area contributed by atoms with Gasteiger partial charge in [0.05, 0.1) is 17.3 Å². The lowest BCUT2D eigenvalue weighted by Gasteiger charge is -2.12. The standard InChI is InChI=1S/C19H25N7/c1-26-19-16(13-23-26)18(24-17(25-19)14-6-2-3-7-14)22-11-5-10-21-15-8-4-9-20-12-15/h4,8-9,12-14,21H,2-3,5-7,10-11H2,1H3,(H,22,24,25). The van der Waals surface area contributed by atoms with E-state index >= 15 is 0 Å². The maximum absolute atomic E-state index is 4.85. The molecular weight excluding hydrogens is 326 g/mol. The van der Waals surface area contributed by atoms with Crippen LogP contribution in [-0.4, -0.2) is 37.8 Å². The van der Waals surface area contributed by atoms with Gasteiger partial charge in [-0.3, -0.25) is 9.67 Å². The first kappa shape index (κ1) is 16.8. The molecule has 0 aliphatic heterocycles. The average molecular weight is 351 g/mol. The summed E-state index contributed by atoms with van der Waals surface area (Å²) in [5, 5.41) is 12.2. The molecule has 7 nitrogen and oxygen atoms in total. The first-order valence-electron chi connectivity index (χ1n) is 9.38. The van der Waals surface area contributed by atoms with Crippen molar-refractivity contribution in [3.05, 3.63) is 36.5 Å². The third kappa shape index (κ3) is 3.61. The normalized spacial score (nSPS) is 14.8. The molecule has 0 amide bonds. The smallest absolute Gasteiger partial charge is 0.163 e. The minimum absolute atomic E-state index is 0.488. The summed E-state index contributed by atoms with van der Waals surface area (Å²) < 4.78 is 1.84. The number of pyridine rings is 1. The predicted octanol–water partition coefficient (Wildman–Crippen LogP) is 3.33. The Labute approximate surface area is 153 Å². The molecule has 7 heteroatoms. The zero-order chi connectivity index (χ0) is 17.8. The molecule has 0 aromatic carbocycles. The molecule has 1 saturated carbocycles. The number of hydrogen-bond acceptors (Lipinski definition) is 6. The van der Waals surface area contributed by atoms with Crippen molar-refractivity contribution in [1.29, 1.82) is 0 Å². The summed E-state index contributed by atoms with van der Waals surface area (Å²) in [4.78, 5) is 13.7. The summed E-state index contributed by atoms with van der Waals surface area (Å²) in [6.45, 7) is 1.73. The van der Waals surface area contributed by atoms with Gasteiger partial charge in [0.1, 0.15) is 11.6 Å². The van der Waals surface area contributed by atoms with Crippen LogP contribution in [0.15, 0.2) is 30.7 Å². The molecule has 0 spiro atoms. The van der Waals surface area contributed by atoms with Gasteiger partial charge in [0.2, 0.25) is 0 Å². The lowest BCUT2D eigenvalue weighted by molar-refractivity contribution is 0.667. The summed E-state index contributed by atoms with van der Waals surface area (Å²) in [5.74, 6) is 2.36. The van der Waals surface area contributed by atoms with Gasteiger partial charge in [-0.25, -0.2) is 9.97 Å². The minimum atomic E-state index is 0.488. The van der Waals surface area contributed by atoms with Gasteiger partial charge in [0, 0.05) is 38.4 Å². The zero-order valence-electron chi connectivity index (χ0n) is 15.1. The van der Waals surface area contributed by atoms with E-state index in [9.17, 15) is 0 Å². The van der Waals surface area contributed by atoms with Gasteiger partial charge in [0.15, 0.2) is 5.65 Å². The van der Waals surface area contributed by atoms with Gasteiger partial charge in [-0.2, -0.15) is 5.10 Å². The number of anilines is 2. The van der Waals surface area contributed by atoms with E-state index in [1.54, 1.807) is 6.20 Å². The molecule has 2 N–H and O–H groups in total. The average Bonchev–Trinajstić information content (AvgIpc) is 3.33. The number of aryl methyl sites for hydroxylation is 1. The van der Waals surface area contributed by atoms with E-state index in [2.05, 4.69) is 20.7 Å². The highest BCUT2D eigenvalue weighted by molar-refractivity contribution is 5.86. The maximum atomic E-state index is 4.85. The van der Waals surface area contributed by atoms with Crippen LogP contribution in [0.1, 0.15) is 43.8 Å². The molecule has 0 atom stereocenters. The molecule has 1 aliphatic carbocycles. The Kier molecular flexibility index (Phi) is 4.95. The van der Waals surface area contributed by atoms with Crippen LogP contribution in [0, 0.1) is 0 Å². The van der Waals surface area contributed by atoms with Crippen molar-refractivity contribution in [3.63, 3.8) is 0 Å². The molecule has 136 valence electrons. The van der Waals surface area contributed by atoms with Gasteiger partial charge in [-0.05, 0) is 31.4 Å². The lowest BCUT2D eigenvalue weighted by atomic mass is 10.1. The van der Waals surface area contributed by atoms with E-state index in [1.807, 2.05) is 36.3 Å². The van der Waals surface area contributed by atoms with E-state index in [0.717, 1.165) is 47.9 Å². The van der Waals surface area contributed by atoms with Gasteiger partial charge in [-0.15, -0.1) is 0 Å². The Balaban J connectivity index is 1.41. The lowest BCUT2D eigenvalue weighted by Crippen LogP contribution is -2.12. The predicted molar refractivity (Wildman–Crippen MR) is 103 cm³/mol. The van der Waals surface area contributed by atoms with Crippen LogP contribution in [0.25, 0.3) is 11.0 Å². The summed E-state index contributed by atoms with van der Waals surface area (Å²) in [7, 11) is 1.94. The molecule has 0 unspecified atom stereocenters. The molecule has 1 fully saturated rings. The van der Waals surface area contributed by atoms with Crippen molar-refractivity contribution < 1.29 is 0 Å². The Bertz CT molecular complexity index is 853. The number of aromatic nitrogens is 5. The summed E-state index contributed by atoms with van der Waals surface area (Å²) in [6, 6.07) is 3.96. The summed E-state index contributed by atoms with van der Waals surface area (Å²) >= 11 is 0. The van der Waals surface area contributed by atoms with Crippen molar-refractivity contribution in [2.75, 3.05) is 23.7 Å². The number of fused-ring (bicyclic) bond motifs is 1. The molecule has 0 bridgehead atoms. The maximum Gasteiger partial charge on any atom is 0.163 e. The van der Waals surface area contributed by atoms with E-state index in [1.165, 1.54) is 25.7 Å². The Hall–Kier alpha value is -2.70. The molecule has 3 heterocycles. The molecule has 26 heavy (non-hydrogen) atoms. The topological polar surface area (TPSA) is 80.5 Å². The number of hydrogen-bond donors (Lipinski definition) is 2. The Morgan fingerprint density at radius 2 is 1.96 bits per heavy atom.